The lowest BCUT2D eigenvalue weighted by molar-refractivity contribution is -0.117. The fourth-order valence-electron chi connectivity index (χ4n) is 7.33. The summed E-state index contributed by atoms with van der Waals surface area (Å²) in [5.41, 5.74) is 20.5. The number of nitrogens with one attached hydrogen (secondary N) is 4. The van der Waals surface area contributed by atoms with Gasteiger partial charge < -0.3 is 64.9 Å². The maximum Gasteiger partial charge on any atom is 0.237 e. The Morgan fingerprint density at radius 1 is 0.391 bits per heavy atom. The van der Waals surface area contributed by atoms with Crippen molar-refractivity contribution in [1.29, 1.82) is 0 Å². The molecule has 15 nitrogen and oxygen atoms in total. The zero-order chi connectivity index (χ0) is 46.0. The number of dihydropyridines is 1. The van der Waals surface area contributed by atoms with Crippen LogP contribution in [0.1, 0.15) is 77.6 Å². The maximum atomic E-state index is 7.76. The molecule has 64 heavy (non-hydrogen) atoms. The van der Waals surface area contributed by atoms with E-state index in [0.717, 1.165) is 50.6 Å². The van der Waals surface area contributed by atoms with Gasteiger partial charge in [0, 0.05) is 87.4 Å². The van der Waals surface area contributed by atoms with E-state index in [0.29, 0.717) is 58.4 Å². The molecular weight excluding hydrogens is 815 g/mol. The highest BCUT2D eigenvalue weighted by Gasteiger charge is 2.46. The van der Waals surface area contributed by atoms with Crippen molar-refractivity contribution < 1.29 is 37.9 Å². The third-order valence-corrected chi connectivity index (χ3v) is 10.2. The molecule has 0 amide bonds. The van der Waals surface area contributed by atoms with Gasteiger partial charge in [0.2, 0.25) is 25.7 Å². The van der Waals surface area contributed by atoms with E-state index in [1.165, 1.54) is 0 Å². The summed E-state index contributed by atoms with van der Waals surface area (Å²) in [7, 11) is 0. The molecule has 0 aromatic heterocycles. The van der Waals surface area contributed by atoms with Crippen molar-refractivity contribution in [2.45, 2.75) is 92.2 Å². The molecule has 1 heterocycles. The van der Waals surface area contributed by atoms with Crippen molar-refractivity contribution in [2.24, 2.45) is 16.5 Å². The number of benzene rings is 4. The monoisotopic (exact) mass is 884 g/mol. The molecule has 0 saturated carbocycles. The van der Waals surface area contributed by atoms with E-state index < -0.39 is 36.9 Å². The SMILES string of the molecule is CCOC(Nc1ccc(C2=C(c3ccc(NC(OCC)OCC)cc3)C(N)(c3ccc(NC(OCC)OCC)cc3)N=CC2(N)c2ccc(NC(OCC)OCC)cc2)cc1)OCC. The Hall–Kier alpha value is -4.91. The largest absolute Gasteiger partial charge is 0.337 e. The van der Waals surface area contributed by atoms with Gasteiger partial charge in [0.1, 0.15) is 5.54 Å². The average molecular weight is 884 g/mol. The normalized spacial score (nSPS) is 17.5. The summed E-state index contributed by atoms with van der Waals surface area (Å²) >= 11 is 0. The summed E-state index contributed by atoms with van der Waals surface area (Å²) in [6.45, 7) is 19.3. The highest BCUT2D eigenvalue weighted by atomic mass is 16.7. The molecule has 1 aliphatic rings. The van der Waals surface area contributed by atoms with Gasteiger partial charge in [-0.25, -0.2) is 0 Å². The fourth-order valence-corrected chi connectivity index (χ4v) is 7.33. The summed E-state index contributed by atoms with van der Waals surface area (Å²) in [5, 5.41) is 13.3. The van der Waals surface area contributed by atoms with Crippen LogP contribution in [-0.4, -0.2) is 84.7 Å². The van der Waals surface area contributed by atoms with Gasteiger partial charge >= 0.3 is 0 Å². The Balaban J connectivity index is 1.71. The Kier molecular flexibility index (Phi) is 19.5. The van der Waals surface area contributed by atoms with Crippen molar-refractivity contribution in [2.75, 3.05) is 74.1 Å². The molecule has 4 aromatic carbocycles. The summed E-state index contributed by atoms with van der Waals surface area (Å²) < 4.78 is 46.2. The number of hydrogen-bond donors (Lipinski definition) is 6. The maximum absolute atomic E-state index is 7.76. The molecule has 0 bridgehead atoms. The van der Waals surface area contributed by atoms with Crippen LogP contribution in [0.3, 0.4) is 0 Å². The third kappa shape index (κ3) is 12.9. The van der Waals surface area contributed by atoms with Crippen LogP contribution in [0, 0.1) is 0 Å². The lowest BCUT2D eigenvalue weighted by Crippen LogP contribution is -2.49. The summed E-state index contributed by atoms with van der Waals surface area (Å²) in [4.78, 5) is 5.22. The Morgan fingerprint density at radius 2 is 0.656 bits per heavy atom. The first-order valence-electron chi connectivity index (χ1n) is 22.4. The highest BCUT2D eigenvalue weighted by Crippen LogP contribution is 2.50. The van der Waals surface area contributed by atoms with Gasteiger partial charge in [-0.1, -0.05) is 48.5 Å². The Labute approximate surface area is 379 Å². The molecule has 0 radical (unpaired) electrons. The fraction of sp³-hybridized carbons (Fsp3) is 0.449. The Morgan fingerprint density at radius 3 is 0.953 bits per heavy atom. The van der Waals surface area contributed by atoms with Crippen LogP contribution in [0.5, 0.6) is 0 Å². The predicted octanol–water partition coefficient (Wildman–Crippen LogP) is 8.42. The van der Waals surface area contributed by atoms with E-state index in [9.17, 15) is 0 Å². The van der Waals surface area contributed by atoms with Crippen LogP contribution in [0.2, 0.25) is 0 Å². The number of nitrogens with two attached hydrogens (primary N) is 2. The molecule has 8 N–H and O–H groups in total. The van der Waals surface area contributed by atoms with Crippen LogP contribution >= 0.6 is 0 Å². The predicted molar refractivity (Wildman–Crippen MR) is 255 cm³/mol. The molecule has 2 atom stereocenters. The lowest BCUT2D eigenvalue weighted by Gasteiger charge is -2.42. The first-order valence-corrected chi connectivity index (χ1v) is 22.4. The van der Waals surface area contributed by atoms with E-state index in [1.807, 2.05) is 152 Å². The molecular formula is C49H69N7O8. The van der Waals surface area contributed by atoms with E-state index in [4.69, 9.17) is 54.4 Å². The number of hydrogen-bond acceptors (Lipinski definition) is 15. The highest BCUT2D eigenvalue weighted by molar-refractivity contribution is 6.09. The third-order valence-electron chi connectivity index (χ3n) is 10.2. The van der Waals surface area contributed by atoms with Gasteiger partial charge in [0.25, 0.3) is 0 Å². The van der Waals surface area contributed by atoms with Crippen molar-refractivity contribution in [1.82, 2.24) is 0 Å². The molecule has 0 spiro atoms. The van der Waals surface area contributed by atoms with Crippen LogP contribution < -0.4 is 32.7 Å². The van der Waals surface area contributed by atoms with Crippen LogP contribution in [0.4, 0.5) is 22.7 Å². The van der Waals surface area contributed by atoms with E-state index in [-0.39, 0.29) is 0 Å². The van der Waals surface area contributed by atoms with Gasteiger partial charge in [0.05, 0.1) is 0 Å². The Bertz CT molecular complexity index is 1870. The number of aliphatic imine (C=N–C) groups is 1. The molecule has 0 fully saturated rings. The van der Waals surface area contributed by atoms with Crippen molar-refractivity contribution >= 4 is 40.1 Å². The molecule has 4 aromatic rings. The minimum absolute atomic E-state index is 0.480. The first-order chi connectivity index (χ1) is 31.1. The van der Waals surface area contributed by atoms with E-state index in [2.05, 4.69) is 21.3 Å². The molecule has 0 saturated heterocycles. The standard InChI is InChI=1S/C49H69N7O8/c1-9-57-44(58-10-2)53-38-25-17-34(18-26-38)42-43(35-19-27-39(28-20-35)54-45(59-11-3)60-12-4)49(51,37-23-31-41(32-24-37)56-47(63-15-7)64-16-8)52-33-48(42,50)36-21-29-40(30-22-36)55-46(61-13-5)62-14-6/h17-33,44-47,53-56H,9-16,50-51H2,1-8H3. The minimum Gasteiger partial charge on any atom is -0.337 e. The zero-order valence-corrected chi connectivity index (χ0v) is 38.6. The minimum atomic E-state index is -1.42. The molecule has 1 aliphatic heterocycles. The number of nitrogens with zero attached hydrogens (tertiary/aromatic N) is 1. The van der Waals surface area contributed by atoms with Gasteiger partial charge in [-0.3, -0.25) is 10.7 Å². The van der Waals surface area contributed by atoms with Crippen molar-refractivity contribution in [3.63, 3.8) is 0 Å². The average Bonchev–Trinajstić information content (AvgIpc) is 3.29. The topological polar surface area (TPSA) is 186 Å². The van der Waals surface area contributed by atoms with Crippen molar-refractivity contribution in [3.8, 4) is 0 Å². The first kappa shape index (κ1) is 50.1. The van der Waals surface area contributed by atoms with Gasteiger partial charge in [-0.05, 0) is 132 Å². The summed E-state index contributed by atoms with van der Waals surface area (Å²) in [6, 6.07) is 31.7. The van der Waals surface area contributed by atoms with E-state index in [1.54, 1.807) is 6.21 Å². The van der Waals surface area contributed by atoms with Crippen LogP contribution in [-0.2, 0) is 49.1 Å². The van der Waals surface area contributed by atoms with Crippen LogP contribution in [0.15, 0.2) is 102 Å². The zero-order valence-electron chi connectivity index (χ0n) is 38.6. The smallest absolute Gasteiger partial charge is 0.237 e. The summed E-state index contributed by atoms with van der Waals surface area (Å²) in [6.07, 6.45) is -0.697. The van der Waals surface area contributed by atoms with Gasteiger partial charge in [-0.15, -0.1) is 0 Å². The van der Waals surface area contributed by atoms with Crippen molar-refractivity contribution in [3.05, 3.63) is 119 Å². The molecule has 15 heteroatoms. The molecule has 5 rings (SSSR count). The second-order valence-electron chi connectivity index (χ2n) is 14.5. The van der Waals surface area contributed by atoms with Gasteiger partial charge in [-0.2, -0.15) is 0 Å². The second-order valence-corrected chi connectivity index (χ2v) is 14.5. The quantitative estimate of drug-likeness (QED) is 0.0299. The molecule has 2 unspecified atom stereocenters. The van der Waals surface area contributed by atoms with Gasteiger partial charge in [0.15, 0.2) is 5.66 Å². The van der Waals surface area contributed by atoms with Crippen LogP contribution in [0.25, 0.3) is 11.1 Å². The lowest BCUT2D eigenvalue weighted by atomic mass is 9.70. The van der Waals surface area contributed by atoms with E-state index >= 15 is 0 Å². The number of anilines is 4. The molecule has 0 aliphatic carbocycles. The number of rotatable bonds is 28. The molecule has 348 valence electrons. The second kappa shape index (κ2) is 25.0. The number of ether oxygens (including phenoxy) is 8. The summed E-state index contributed by atoms with van der Waals surface area (Å²) in [5.74, 6) is 0.